The first kappa shape index (κ1) is 12.1. The number of fused-ring (bicyclic) bond motifs is 3. The number of nitrogens with zero attached hydrogens (tertiary/aromatic N) is 3. The Labute approximate surface area is 113 Å². The molecular formula is C12H9N3O3Se. The van der Waals surface area contributed by atoms with Crippen LogP contribution >= 0.6 is 0 Å². The van der Waals surface area contributed by atoms with E-state index in [0.717, 1.165) is 5.52 Å². The Hall–Kier alpha value is -1.98. The fourth-order valence-corrected chi connectivity index (χ4v) is 3.27. The molecule has 2 heterocycles. The van der Waals surface area contributed by atoms with E-state index in [4.69, 9.17) is 5.11 Å². The molecule has 1 N–H and O–H groups in total. The molecule has 0 saturated carbocycles. The number of aromatic carboxylic acids is 1. The van der Waals surface area contributed by atoms with Crippen LogP contribution in [0.5, 0.6) is 0 Å². The van der Waals surface area contributed by atoms with Crippen LogP contribution in [0, 0.1) is 0 Å². The molecule has 7 heteroatoms. The van der Waals surface area contributed by atoms with Crippen LogP contribution in [-0.2, 0) is 6.54 Å². The summed E-state index contributed by atoms with van der Waals surface area (Å²) in [5.41, 5.74) is 1.48. The number of rotatable bonds is 2. The zero-order valence-corrected chi connectivity index (χ0v) is 11.7. The van der Waals surface area contributed by atoms with E-state index in [-0.39, 0.29) is 20.5 Å². The van der Waals surface area contributed by atoms with Crippen LogP contribution in [0.15, 0.2) is 23.1 Å². The van der Waals surface area contributed by atoms with Crippen molar-refractivity contribution in [1.29, 1.82) is 0 Å². The quantitative estimate of drug-likeness (QED) is 0.703. The molecule has 0 spiro atoms. The summed E-state index contributed by atoms with van der Waals surface area (Å²) in [4.78, 5) is 23.3. The van der Waals surface area contributed by atoms with Gasteiger partial charge in [-0.1, -0.05) is 0 Å². The maximum absolute atomic E-state index is 12.2. The van der Waals surface area contributed by atoms with Gasteiger partial charge in [-0.3, -0.25) is 0 Å². The van der Waals surface area contributed by atoms with Crippen molar-refractivity contribution in [3.8, 4) is 0 Å². The molecule has 0 aliphatic heterocycles. The third kappa shape index (κ3) is 1.70. The van der Waals surface area contributed by atoms with Gasteiger partial charge < -0.3 is 0 Å². The number of carboxylic acids is 1. The van der Waals surface area contributed by atoms with Crippen molar-refractivity contribution in [3.63, 3.8) is 0 Å². The standard InChI is InChI=1S/C12H9N3O3Se/c1-2-15-5-7(12(17)18)11(16)6-3-4-8-9(10(6)15)14-19-13-8/h3-5H,2H2,1H3,(H,17,18). The van der Waals surface area contributed by atoms with Crippen molar-refractivity contribution in [3.05, 3.63) is 34.1 Å². The summed E-state index contributed by atoms with van der Waals surface area (Å²) in [5, 5.41) is 9.47. The van der Waals surface area contributed by atoms with E-state index in [1.807, 2.05) is 6.92 Å². The van der Waals surface area contributed by atoms with Gasteiger partial charge in [-0.25, -0.2) is 0 Å². The number of hydrogen-bond acceptors (Lipinski definition) is 4. The van der Waals surface area contributed by atoms with Crippen LogP contribution in [0.1, 0.15) is 17.3 Å². The average Bonchev–Trinajstić information content (AvgIpc) is 2.87. The van der Waals surface area contributed by atoms with E-state index in [0.29, 0.717) is 23.0 Å². The summed E-state index contributed by atoms with van der Waals surface area (Å²) < 4.78 is 10.4. The first-order chi connectivity index (χ1) is 9.13. The molecule has 0 bridgehead atoms. The van der Waals surface area contributed by atoms with Crippen molar-refractivity contribution in [2.24, 2.45) is 0 Å². The van der Waals surface area contributed by atoms with Crippen LogP contribution < -0.4 is 5.43 Å². The molecule has 0 amide bonds. The van der Waals surface area contributed by atoms with Crippen molar-refractivity contribution in [2.75, 3.05) is 0 Å². The molecule has 96 valence electrons. The van der Waals surface area contributed by atoms with Crippen molar-refractivity contribution in [2.45, 2.75) is 13.5 Å². The number of carbonyl (C=O) groups is 1. The summed E-state index contributed by atoms with van der Waals surface area (Å²) in [6.07, 6.45) is 1.38. The topological polar surface area (TPSA) is 85.1 Å². The predicted octanol–water partition coefficient (Wildman–Crippen LogP) is 0.720. The Morgan fingerprint density at radius 2 is 2.21 bits per heavy atom. The fraction of sp³-hybridized carbons (Fsp3) is 0.167. The van der Waals surface area contributed by atoms with E-state index >= 15 is 0 Å². The Bertz CT molecular complexity index is 866. The minimum absolute atomic E-state index is 0.184. The number of hydrogen-bond donors (Lipinski definition) is 1. The number of carboxylic acid groups (broad SMARTS) is 1. The number of aromatic nitrogens is 3. The van der Waals surface area contributed by atoms with Gasteiger partial charge in [0.05, 0.1) is 0 Å². The molecule has 2 aromatic heterocycles. The van der Waals surface area contributed by atoms with Crippen LogP contribution in [0.4, 0.5) is 0 Å². The second-order valence-electron chi connectivity index (χ2n) is 4.06. The zero-order chi connectivity index (χ0) is 13.6. The second kappa shape index (κ2) is 4.29. The molecule has 3 rings (SSSR count). The Kier molecular flexibility index (Phi) is 2.73. The average molecular weight is 322 g/mol. The van der Waals surface area contributed by atoms with Crippen molar-refractivity contribution in [1.82, 2.24) is 12.5 Å². The summed E-state index contributed by atoms with van der Waals surface area (Å²) in [6.45, 7) is 2.46. The van der Waals surface area contributed by atoms with Gasteiger partial charge in [0.25, 0.3) is 0 Å². The molecule has 0 atom stereocenters. The normalized spacial score (nSPS) is 11.2. The van der Waals surface area contributed by atoms with Crippen molar-refractivity contribution < 1.29 is 9.90 Å². The summed E-state index contributed by atoms with van der Waals surface area (Å²) in [5.74, 6) is -1.21. The second-order valence-corrected chi connectivity index (χ2v) is 5.17. The first-order valence-corrected chi connectivity index (χ1v) is 7.18. The van der Waals surface area contributed by atoms with Gasteiger partial charge in [-0.2, -0.15) is 0 Å². The van der Waals surface area contributed by atoms with Gasteiger partial charge in [0.15, 0.2) is 0 Å². The number of benzene rings is 1. The molecule has 0 aliphatic carbocycles. The van der Waals surface area contributed by atoms with Gasteiger partial charge in [0, 0.05) is 0 Å². The summed E-state index contributed by atoms with van der Waals surface area (Å²) in [6, 6.07) is 3.36. The third-order valence-corrected chi connectivity index (χ3v) is 4.17. The number of aryl methyl sites for hydroxylation is 1. The van der Waals surface area contributed by atoms with Gasteiger partial charge in [0.1, 0.15) is 0 Å². The third-order valence-electron chi connectivity index (χ3n) is 3.03. The van der Waals surface area contributed by atoms with E-state index in [2.05, 4.69) is 7.96 Å². The minimum atomic E-state index is -1.21. The van der Waals surface area contributed by atoms with Gasteiger partial charge >= 0.3 is 113 Å². The molecule has 6 nitrogen and oxygen atoms in total. The van der Waals surface area contributed by atoms with E-state index < -0.39 is 11.4 Å². The van der Waals surface area contributed by atoms with Gasteiger partial charge in [-0.05, 0) is 0 Å². The Morgan fingerprint density at radius 1 is 1.42 bits per heavy atom. The van der Waals surface area contributed by atoms with Crippen LogP contribution in [0.3, 0.4) is 0 Å². The predicted molar refractivity (Wildman–Crippen MR) is 70.9 cm³/mol. The Morgan fingerprint density at radius 3 is 2.89 bits per heavy atom. The van der Waals surface area contributed by atoms with E-state index in [1.165, 1.54) is 6.20 Å². The van der Waals surface area contributed by atoms with Crippen LogP contribution in [-0.4, -0.2) is 38.6 Å². The zero-order valence-electron chi connectivity index (χ0n) is 9.95. The maximum atomic E-state index is 12.2. The fourth-order valence-electron chi connectivity index (χ4n) is 2.14. The Balaban J connectivity index is 2.59. The van der Waals surface area contributed by atoms with Crippen molar-refractivity contribution >= 4 is 42.9 Å². The first-order valence-electron chi connectivity index (χ1n) is 5.65. The molecule has 19 heavy (non-hydrogen) atoms. The molecule has 0 saturated heterocycles. The van der Waals surface area contributed by atoms with E-state index in [1.54, 1.807) is 16.7 Å². The van der Waals surface area contributed by atoms with Gasteiger partial charge in [-0.15, -0.1) is 0 Å². The molecule has 0 unspecified atom stereocenters. The number of pyridine rings is 1. The van der Waals surface area contributed by atoms with Crippen LogP contribution in [0.25, 0.3) is 21.9 Å². The monoisotopic (exact) mass is 323 g/mol. The van der Waals surface area contributed by atoms with Gasteiger partial charge in [0.2, 0.25) is 0 Å². The SMILES string of the molecule is CCn1cc(C(=O)O)c(=O)c2ccc3n[se]nc3c21. The summed E-state index contributed by atoms with van der Waals surface area (Å²) in [7, 11) is 0. The molecule has 3 aromatic rings. The molecule has 0 aliphatic rings. The molecular weight excluding hydrogens is 313 g/mol. The molecule has 0 fully saturated rings. The van der Waals surface area contributed by atoms with E-state index in [9.17, 15) is 9.59 Å². The summed E-state index contributed by atoms with van der Waals surface area (Å²) >= 11 is -0.184. The molecule has 1 aromatic carbocycles. The van der Waals surface area contributed by atoms with Crippen LogP contribution in [0.2, 0.25) is 0 Å². The molecule has 0 radical (unpaired) electrons.